The topological polar surface area (TPSA) is 55.4 Å². The van der Waals surface area contributed by atoms with Crippen molar-refractivity contribution in [3.05, 3.63) is 53.6 Å². The average molecular weight is 281 g/mol. The first kappa shape index (κ1) is 13.4. The molecule has 0 atom stereocenters. The summed E-state index contributed by atoms with van der Waals surface area (Å²) < 4.78 is 4.67. The zero-order chi connectivity index (χ0) is 14.8. The lowest BCUT2D eigenvalue weighted by Gasteiger charge is -2.07. The van der Waals surface area contributed by atoms with Crippen molar-refractivity contribution in [2.24, 2.45) is 0 Å². The fraction of sp³-hybridized carbons (Fsp3) is 0.176. The third-order valence-electron chi connectivity index (χ3n) is 3.51. The SMILES string of the molecule is CCOC(=O)C(=O)Nc1ccc2c(c1)Cc1ccccc1-2. The van der Waals surface area contributed by atoms with Gasteiger partial charge in [0.1, 0.15) is 0 Å². The van der Waals surface area contributed by atoms with Crippen LogP contribution in [0.5, 0.6) is 0 Å². The molecule has 2 aromatic rings. The fourth-order valence-electron chi connectivity index (χ4n) is 2.60. The van der Waals surface area contributed by atoms with Crippen LogP contribution in [-0.4, -0.2) is 18.5 Å². The molecule has 1 aliphatic carbocycles. The summed E-state index contributed by atoms with van der Waals surface area (Å²) in [6.07, 6.45) is 0.842. The van der Waals surface area contributed by atoms with Gasteiger partial charge in [0, 0.05) is 5.69 Å². The Balaban J connectivity index is 1.81. The molecule has 0 spiro atoms. The van der Waals surface area contributed by atoms with E-state index < -0.39 is 11.9 Å². The van der Waals surface area contributed by atoms with Crippen LogP contribution in [-0.2, 0) is 20.7 Å². The normalized spacial score (nSPS) is 11.5. The van der Waals surface area contributed by atoms with Gasteiger partial charge in [-0.25, -0.2) is 4.79 Å². The molecule has 0 radical (unpaired) electrons. The van der Waals surface area contributed by atoms with Gasteiger partial charge < -0.3 is 10.1 Å². The molecule has 4 heteroatoms. The van der Waals surface area contributed by atoms with Gasteiger partial charge in [-0.2, -0.15) is 0 Å². The Hall–Kier alpha value is -2.62. The number of fused-ring (bicyclic) bond motifs is 3. The molecule has 3 rings (SSSR count). The Labute approximate surface area is 122 Å². The van der Waals surface area contributed by atoms with Crippen LogP contribution in [0.2, 0.25) is 0 Å². The van der Waals surface area contributed by atoms with Crippen molar-refractivity contribution in [1.29, 1.82) is 0 Å². The van der Waals surface area contributed by atoms with Crippen LogP contribution in [0.25, 0.3) is 11.1 Å². The number of carbonyl (C=O) groups is 2. The summed E-state index contributed by atoms with van der Waals surface area (Å²) in [6, 6.07) is 13.9. The maximum atomic E-state index is 11.6. The third-order valence-corrected chi connectivity index (χ3v) is 3.51. The lowest BCUT2D eigenvalue weighted by Crippen LogP contribution is -2.25. The summed E-state index contributed by atoms with van der Waals surface area (Å²) in [5, 5.41) is 2.57. The van der Waals surface area contributed by atoms with Crippen LogP contribution < -0.4 is 5.32 Å². The minimum absolute atomic E-state index is 0.186. The van der Waals surface area contributed by atoms with Crippen molar-refractivity contribution < 1.29 is 14.3 Å². The van der Waals surface area contributed by atoms with E-state index in [0.29, 0.717) is 5.69 Å². The molecule has 0 unspecified atom stereocenters. The number of hydrogen-bond acceptors (Lipinski definition) is 3. The zero-order valence-electron chi connectivity index (χ0n) is 11.7. The van der Waals surface area contributed by atoms with Crippen molar-refractivity contribution in [3.8, 4) is 11.1 Å². The fourth-order valence-corrected chi connectivity index (χ4v) is 2.60. The smallest absolute Gasteiger partial charge is 0.397 e. The Morgan fingerprint density at radius 2 is 1.86 bits per heavy atom. The minimum atomic E-state index is -0.860. The van der Waals surface area contributed by atoms with Gasteiger partial charge in [-0.3, -0.25) is 4.79 Å². The van der Waals surface area contributed by atoms with Crippen LogP contribution in [0.3, 0.4) is 0 Å². The second-order valence-corrected chi connectivity index (χ2v) is 4.88. The lowest BCUT2D eigenvalue weighted by molar-refractivity contribution is -0.152. The summed E-state index contributed by atoms with van der Waals surface area (Å²) in [6.45, 7) is 1.85. The quantitative estimate of drug-likeness (QED) is 0.580. The lowest BCUT2D eigenvalue weighted by atomic mass is 10.1. The molecular weight excluding hydrogens is 266 g/mol. The van der Waals surface area contributed by atoms with Crippen molar-refractivity contribution in [2.45, 2.75) is 13.3 Å². The molecule has 4 nitrogen and oxygen atoms in total. The van der Waals surface area contributed by atoms with Crippen LogP contribution in [0.1, 0.15) is 18.1 Å². The van der Waals surface area contributed by atoms with E-state index in [0.717, 1.165) is 12.0 Å². The van der Waals surface area contributed by atoms with Gasteiger partial charge in [-0.05, 0) is 47.7 Å². The molecule has 0 bridgehead atoms. The van der Waals surface area contributed by atoms with Crippen molar-refractivity contribution in [3.63, 3.8) is 0 Å². The predicted molar refractivity (Wildman–Crippen MR) is 79.9 cm³/mol. The minimum Gasteiger partial charge on any atom is -0.459 e. The molecule has 0 aliphatic heterocycles. The number of hydrogen-bond donors (Lipinski definition) is 1. The van der Waals surface area contributed by atoms with E-state index in [1.54, 1.807) is 13.0 Å². The van der Waals surface area contributed by atoms with E-state index in [4.69, 9.17) is 0 Å². The molecule has 0 fully saturated rings. The highest BCUT2D eigenvalue weighted by Gasteiger charge is 2.19. The first-order chi connectivity index (χ1) is 10.2. The molecular formula is C17H15NO3. The average Bonchev–Trinajstić information content (AvgIpc) is 2.85. The summed E-state index contributed by atoms with van der Waals surface area (Å²) in [4.78, 5) is 23.0. The van der Waals surface area contributed by atoms with E-state index in [1.165, 1.54) is 16.7 Å². The number of benzene rings is 2. The maximum absolute atomic E-state index is 11.6. The van der Waals surface area contributed by atoms with Gasteiger partial charge in [-0.15, -0.1) is 0 Å². The summed E-state index contributed by atoms with van der Waals surface area (Å²) in [7, 11) is 0. The molecule has 0 aromatic heterocycles. The number of amides is 1. The molecule has 21 heavy (non-hydrogen) atoms. The van der Waals surface area contributed by atoms with Crippen LogP contribution in [0.4, 0.5) is 5.69 Å². The summed E-state index contributed by atoms with van der Waals surface area (Å²) >= 11 is 0. The maximum Gasteiger partial charge on any atom is 0.397 e. The Morgan fingerprint density at radius 3 is 2.67 bits per heavy atom. The summed E-state index contributed by atoms with van der Waals surface area (Å²) in [5.41, 5.74) is 5.45. The first-order valence-electron chi connectivity index (χ1n) is 6.88. The number of nitrogens with one attached hydrogen (secondary N) is 1. The van der Waals surface area contributed by atoms with Gasteiger partial charge >= 0.3 is 11.9 Å². The highest BCUT2D eigenvalue weighted by molar-refractivity contribution is 6.37. The number of ether oxygens (including phenoxy) is 1. The molecule has 0 heterocycles. The van der Waals surface area contributed by atoms with Gasteiger partial charge in [0.25, 0.3) is 0 Å². The highest BCUT2D eigenvalue weighted by atomic mass is 16.5. The predicted octanol–water partition coefficient (Wildman–Crippen LogP) is 2.76. The van der Waals surface area contributed by atoms with E-state index in [2.05, 4.69) is 22.2 Å². The molecule has 0 saturated carbocycles. The second kappa shape index (κ2) is 5.40. The first-order valence-corrected chi connectivity index (χ1v) is 6.88. The second-order valence-electron chi connectivity index (χ2n) is 4.88. The van der Waals surface area contributed by atoms with Crippen LogP contribution in [0, 0.1) is 0 Å². The number of anilines is 1. The highest BCUT2D eigenvalue weighted by Crippen LogP contribution is 2.37. The van der Waals surface area contributed by atoms with Gasteiger partial charge in [-0.1, -0.05) is 30.3 Å². The monoisotopic (exact) mass is 281 g/mol. The molecule has 1 amide bonds. The molecule has 2 aromatic carbocycles. The van der Waals surface area contributed by atoms with Gasteiger partial charge in [0.05, 0.1) is 6.61 Å². The largest absolute Gasteiger partial charge is 0.459 e. The summed E-state index contributed by atoms with van der Waals surface area (Å²) in [5.74, 6) is -1.60. The van der Waals surface area contributed by atoms with Crippen molar-refractivity contribution in [2.75, 3.05) is 11.9 Å². The Bertz CT molecular complexity index is 722. The molecule has 106 valence electrons. The third kappa shape index (κ3) is 2.52. The standard InChI is InChI=1S/C17H15NO3/c1-2-21-17(20)16(19)18-13-7-8-15-12(10-13)9-11-5-3-4-6-14(11)15/h3-8,10H,2,9H2,1H3,(H,18,19). The zero-order valence-corrected chi connectivity index (χ0v) is 11.7. The van der Waals surface area contributed by atoms with Crippen LogP contribution >= 0.6 is 0 Å². The van der Waals surface area contributed by atoms with Gasteiger partial charge in [0.2, 0.25) is 0 Å². The van der Waals surface area contributed by atoms with Crippen LogP contribution in [0.15, 0.2) is 42.5 Å². The Morgan fingerprint density at radius 1 is 1.10 bits per heavy atom. The Kier molecular flexibility index (Phi) is 3.44. The molecule has 0 saturated heterocycles. The van der Waals surface area contributed by atoms with E-state index in [9.17, 15) is 9.59 Å². The number of carbonyl (C=O) groups excluding carboxylic acids is 2. The van der Waals surface area contributed by atoms with Gasteiger partial charge in [0.15, 0.2) is 0 Å². The van der Waals surface area contributed by atoms with Crippen molar-refractivity contribution >= 4 is 17.6 Å². The van der Waals surface area contributed by atoms with Crippen molar-refractivity contribution in [1.82, 2.24) is 0 Å². The van der Waals surface area contributed by atoms with E-state index in [1.807, 2.05) is 24.3 Å². The van der Waals surface area contributed by atoms with E-state index >= 15 is 0 Å². The van der Waals surface area contributed by atoms with E-state index in [-0.39, 0.29) is 6.61 Å². The molecule has 1 N–H and O–H groups in total. The molecule has 1 aliphatic rings. The number of rotatable bonds is 2. The number of esters is 1.